The molecule has 106 valence electrons. The molecule has 2 rings (SSSR count). The maximum atomic E-state index is 12.6. The van der Waals surface area contributed by atoms with Crippen LogP contribution in [-0.4, -0.2) is 37.5 Å². The Bertz CT molecular complexity index is 527. The van der Waals surface area contributed by atoms with Crippen LogP contribution in [0.1, 0.15) is 26.2 Å². The number of hydrogen-bond acceptors (Lipinski definition) is 3. The Labute approximate surface area is 114 Å². The van der Waals surface area contributed by atoms with Crippen LogP contribution in [-0.2, 0) is 10.2 Å². The highest BCUT2D eigenvalue weighted by Gasteiger charge is 2.32. The van der Waals surface area contributed by atoms with E-state index in [9.17, 15) is 13.5 Å². The molecule has 0 aromatic heterocycles. The average Bonchev–Trinajstić information content (AvgIpc) is 2.39. The summed E-state index contributed by atoms with van der Waals surface area (Å²) < 4.78 is 28.0. The normalized spacial score (nSPS) is 21.3. The van der Waals surface area contributed by atoms with E-state index < -0.39 is 10.2 Å². The van der Waals surface area contributed by atoms with Gasteiger partial charge in [-0.1, -0.05) is 6.42 Å². The lowest BCUT2D eigenvalue weighted by Gasteiger charge is -2.35. The van der Waals surface area contributed by atoms with Crippen LogP contribution < -0.4 is 4.31 Å². The largest absolute Gasteiger partial charge is 0.508 e. The van der Waals surface area contributed by atoms with E-state index in [0.29, 0.717) is 12.2 Å². The standard InChI is InChI=1S/C13H20N2O3S/c1-11-5-3-4-10-15(11)19(17,18)14(2)12-6-8-13(16)9-7-12/h6-9,11,16H,3-5,10H2,1-2H3. The molecule has 1 heterocycles. The molecule has 1 saturated heterocycles. The van der Waals surface area contributed by atoms with Crippen molar-refractivity contribution in [3.63, 3.8) is 0 Å². The summed E-state index contributed by atoms with van der Waals surface area (Å²) in [5.41, 5.74) is 0.551. The molecule has 0 amide bonds. The first-order valence-electron chi connectivity index (χ1n) is 6.47. The summed E-state index contributed by atoms with van der Waals surface area (Å²) in [5.74, 6) is 0.126. The molecule has 5 nitrogen and oxygen atoms in total. The Morgan fingerprint density at radius 1 is 1.26 bits per heavy atom. The van der Waals surface area contributed by atoms with E-state index in [-0.39, 0.29) is 11.8 Å². The predicted molar refractivity (Wildman–Crippen MR) is 75.4 cm³/mol. The Morgan fingerprint density at radius 2 is 1.89 bits per heavy atom. The van der Waals surface area contributed by atoms with Gasteiger partial charge in [-0.2, -0.15) is 12.7 Å². The van der Waals surface area contributed by atoms with E-state index in [2.05, 4.69) is 0 Å². The number of aromatic hydroxyl groups is 1. The van der Waals surface area contributed by atoms with Gasteiger partial charge in [-0.3, -0.25) is 4.31 Å². The fourth-order valence-corrected chi connectivity index (χ4v) is 3.99. The van der Waals surface area contributed by atoms with Crippen LogP contribution in [0.3, 0.4) is 0 Å². The Morgan fingerprint density at radius 3 is 2.47 bits per heavy atom. The topological polar surface area (TPSA) is 60.9 Å². The number of phenols is 1. The van der Waals surface area contributed by atoms with Gasteiger partial charge in [0, 0.05) is 19.6 Å². The summed E-state index contributed by atoms with van der Waals surface area (Å²) in [4.78, 5) is 0. The minimum Gasteiger partial charge on any atom is -0.508 e. The molecule has 19 heavy (non-hydrogen) atoms. The minimum absolute atomic E-state index is 0.0401. The molecular formula is C13H20N2O3S. The molecule has 0 radical (unpaired) electrons. The zero-order valence-corrected chi connectivity index (χ0v) is 12.1. The zero-order valence-electron chi connectivity index (χ0n) is 11.3. The number of phenolic OH excluding ortho intramolecular Hbond substituents is 1. The molecule has 0 spiro atoms. The van der Waals surface area contributed by atoms with Gasteiger partial charge in [0.2, 0.25) is 0 Å². The van der Waals surface area contributed by atoms with Crippen molar-refractivity contribution in [2.45, 2.75) is 32.2 Å². The van der Waals surface area contributed by atoms with Crippen LogP contribution in [0.5, 0.6) is 5.75 Å². The van der Waals surface area contributed by atoms with Gasteiger partial charge in [0.1, 0.15) is 5.75 Å². The molecule has 0 aliphatic carbocycles. The summed E-state index contributed by atoms with van der Waals surface area (Å²) in [6, 6.07) is 6.21. The van der Waals surface area contributed by atoms with Crippen molar-refractivity contribution >= 4 is 15.9 Å². The Balaban J connectivity index is 2.25. The van der Waals surface area contributed by atoms with Gasteiger partial charge in [-0.15, -0.1) is 0 Å². The van der Waals surface area contributed by atoms with Crippen molar-refractivity contribution in [2.24, 2.45) is 0 Å². The fourth-order valence-electron chi connectivity index (χ4n) is 2.37. The summed E-state index contributed by atoms with van der Waals surface area (Å²) in [5, 5.41) is 9.25. The smallest absolute Gasteiger partial charge is 0.304 e. The lowest BCUT2D eigenvalue weighted by atomic mass is 10.1. The highest BCUT2D eigenvalue weighted by atomic mass is 32.2. The zero-order chi connectivity index (χ0) is 14.0. The van der Waals surface area contributed by atoms with Gasteiger partial charge in [0.05, 0.1) is 5.69 Å². The SMILES string of the molecule is CC1CCCCN1S(=O)(=O)N(C)c1ccc(O)cc1. The van der Waals surface area contributed by atoms with E-state index >= 15 is 0 Å². The van der Waals surface area contributed by atoms with Crippen LogP contribution in [0, 0.1) is 0 Å². The summed E-state index contributed by atoms with van der Waals surface area (Å²) >= 11 is 0. The van der Waals surface area contributed by atoms with Gasteiger partial charge in [-0.05, 0) is 44.0 Å². The molecule has 6 heteroatoms. The maximum Gasteiger partial charge on any atom is 0.304 e. The maximum absolute atomic E-state index is 12.6. The molecule has 1 aromatic rings. The Hall–Kier alpha value is -1.27. The molecule has 1 aliphatic heterocycles. The van der Waals surface area contributed by atoms with Crippen LogP contribution in [0.15, 0.2) is 24.3 Å². The second kappa shape index (κ2) is 5.38. The number of piperidine rings is 1. The van der Waals surface area contributed by atoms with E-state index in [1.165, 1.54) is 16.4 Å². The lowest BCUT2D eigenvalue weighted by Crippen LogP contribution is -2.48. The first kappa shape index (κ1) is 14.1. The number of benzene rings is 1. The molecule has 1 fully saturated rings. The molecule has 1 N–H and O–H groups in total. The summed E-state index contributed by atoms with van der Waals surface area (Å²) in [6.45, 7) is 2.52. The van der Waals surface area contributed by atoms with E-state index in [0.717, 1.165) is 19.3 Å². The third-order valence-corrected chi connectivity index (χ3v) is 5.64. The molecule has 1 aliphatic rings. The molecule has 1 aromatic carbocycles. The van der Waals surface area contributed by atoms with Crippen LogP contribution in [0.4, 0.5) is 5.69 Å². The van der Waals surface area contributed by atoms with Crippen molar-refractivity contribution in [1.29, 1.82) is 0 Å². The molecule has 1 atom stereocenters. The summed E-state index contributed by atoms with van der Waals surface area (Å²) in [6.07, 6.45) is 2.89. The minimum atomic E-state index is -3.49. The molecule has 0 saturated carbocycles. The number of hydrogen-bond donors (Lipinski definition) is 1. The van der Waals surface area contributed by atoms with Crippen molar-refractivity contribution in [2.75, 3.05) is 17.9 Å². The molecule has 1 unspecified atom stereocenters. The predicted octanol–water partition coefficient (Wildman–Crippen LogP) is 1.95. The highest BCUT2D eigenvalue weighted by molar-refractivity contribution is 7.90. The van der Waals surface area contributed by atoms with Crippen LogP contribution in [0.2, 0.25) is 0 Å². The monoisotopic (exact) mass is 284 g/mol. The van der Waals surface area contributed by atoms with Crippen LogP contribution >= 0.6 is 0 Å². The second-order valence-corrected chi connectivity index (χ2v) is 6.86. The first-order valence-corrected chi connectivity index (χ1v) is 7.87. The number of rotatable bonds is 3. The van der Waals surface area contributed by atoms with Crippen molar-refractivity contribution in [3.05, 3.63) is 24.3 Å². The highest BCUT2D eigenvalue weighted by Crippen LogP contribution is 2.26. The third-order valence-electron chi connectivity index (χ3n) is 3.60. The number of anilines is 1. The average molecular weight is 284 g/mol. The lowest BCUT2D eigenvalue weighted by molar-refractivity contribution is 0.268. The van der Waals surface area contributed by atoms with Gasteiger partial charge in [0.15, 0.2) is 0 Å². The van der Waals surface area contributed by atoms with Gasteiger partial charge in [-0.25, -0.2) is 0 Å². The Kier molecular flexibility index (Phi) is 4.01. The van der Waals surface area contributed by atoms with Crippen molar-refractivity contribution in [3.8, 4) is 5.75 Å². The van der Waals surface area contributed by atoms with Gasteiger partial charge >= 0.3 is 10.2 Å². The third kappa shape index (κ3) is 2.84. The summed E-state index contributed by atoms with van der Waals surface area (Å²) in [7, 11) is -1.95. The molecule has 0 bridgehead atoms. The van der Waals surface area contributed by atoms with E-state index in [4.69, 9.17) is 0 Å². The fraction of sp³-hybridized carbons (Fsp3) is 0.538. The quantitative estimate of drug-likeness (QED) is 0.923. The second-order valence-electron chi connectivity index (χ2n) is 4.95. The number of nitrogens with zero attached hydrogens (tertiary/aromatic N) is 2. The van der Waals surface area contributed by atoms with E-state index in [1.807, 2.05) is 6.92 Å². The molecular weight excluding hydrogens is 264 g/mol. The van der Waals surface area contributed by atoms with E-state index in [1.54, 1.807) is 23.5 Å². The first-order chi connectivity index (χ1) is 8.93. The van der Waals surface area contributed by atoms with Gasteiger partial charge < -0.3 is 5.11 Å². The van der Waals surface area contributed by atoms with Crippen molar-refractivity contribution < 1.29 is 13.5 Å². The van der Waals surface area contributed by atoms with Gasteiger partial charge in [0.25, 0.3) is 0 Å². The van der Waals surface area contributed by atoms with Crippen LogP contribution in [0.25, 0.3) is 0 Å². The van der Waals surface area contributed by atoms with Crippen molar-refractivity contribution in [1.82, 2.24) is 4.31 Å².